The lowest BCUT2D eigenvalue weighted by atomic mass is 10.1. The molecule has 1 aromatic heterocycles. The highest BCUT2D eigenvalue weighted by molar-refractivity contribution is 5.79. The summed E-state index contributed by atoms with van der Waals surface area (Å²) in [6, 6.07) is 10.1. The third-order valence-electron chi connectivity index (χ3n) is 4.94. The van der Waals surface area contributed by atoms with E-state index in [1.165, 1.54) is 0 Å². The Morgan fingerprint density at radius 3 is 2.38 bits per heavy atom. The molecule has 0 spiro atoms. The fraction of sp³-hybridized carbons (Fsp3) is 0.474. The van der Waals surface area contributed by atoms with Gasteiger partial charge < -0.3 is 9.80 Å². The van der Waals surface area contributed by atoms with E-state index in [4.69, 9.17) is 0 Å². The number of hydrogen-bond acceptors (Lipinski definition) is 3. The van der Waals surface area contributed by atoms with Gasteiger partial charge in [-0.3, -0.25) is 4.79 Å². The second-order valence-electron chi connectivity index (χ2n) is 6.39. The Kier molecular flexibility index (Phi) is 5.00. The van der Waals surface area contributed by atoms with Gasteiger partial charge in [0.2, 0.25) is 5.91 Å². The van der Waals surface area contributed by atoms with Gasteiger partial charge >= 0.3 is 0 Å². The molecule has 3 rings (SSSR count). The van der Waals surface area contributed by atoms with Crippen LogP contribution < -0.4 is 0 Å². The van der Waals surface area contributed by atoms with Crippen molar-refractivity contribution in [2.24, 2.45) is 0 Å². The smallest absolute Gasteiger partial charge is 0.227 e. The van der Waals surface area contributed by atoms with Crippen molar-refractivity contribution >= 4 is 5.91 Å². The van der Waals surface area contributed by atoms with E-state index < -0.39 is 0 Å². The highest BCUT2D eigenvalue weighted by Crippen LogP contribution is 2.19. The largest absolute Gasteiger partial charge is 0.340 e. The van der Waals surface area contributed by atoms with Crippen LogP contribution in [0.15, 0.2) is 30.3 Å². The maximum Gasteiger partial charge on any atom is 0.227 e. The van der Waals surface area contributed by atoms with Gasteiger partial charge in [-0.15, -0.1) is 0 Å². The first kappa shape index (κ1) is 16.7. The van der Waals surface area contributed by atoms with Crippen molar-refractivity contribution in [3.8, 4) is 5.69 Å². The van der Waals surface area contributed by atoms with Crippen LogP contribution in [0.5, 0.6) is 0 Å². The molecule has 1 aromatic carbocycles. The van der Waals surface area contributed by atoms with Crippen LogP contribution in [0.25, 0.3) is 5.69 Å². The number of hydrogen-bond donors (Lipinski definition) is 0. The molecule has 1 fully saturated rings. The number of carbonyl (C=O) groups is 1. The number of aryl methyl sites for hydroxylation is 1. The van der Waals surface area contributed by atoms with Crippen molar-refractivity contribution in [1.82, 2.24) is 19.6 Å². The first-order valence-electron chi connectivity index (χ1n) is 8.70. The van der Waals surface area contributed by atoms with Gasteiger partial charge in [0.1, 0.15) is 0 Å². The fourth-order valence-corrected chi connectivity index (χ4v) is 3.33. The summed E-state index contributed by atoms with van der Waals surface area (Å²) < 4.78 is 1.94. The van der Waals surface area contributed by atoms with Crippen LogP contribution in [-0.2, 0) is 11.2 Å². The average molecular weight is 326 g/mol. The first-order valence-corrected chi connectivity index (χ1v) is 8.70. The second-order valence-corrected chi connectivity index (χ2v) is 6.39. The van der Waals surface area contributed by atoms with Crippen molar-refractivity contribution in [3.05, 3.63) is 47.3 Å². The first-order chi connectivity index (χ1) is 11.6. The number of aromatic nitrogens is 2. The van der Waals surface area contributed by atoms with E-state index in [2.05, 4.69) is 16.9 Å². The summed E-state index contributed by atoms with van der Waals surface area (Å²) in [4.78, 5) is 17.1. The molecule has 2 heterocycles. The molecule has 1 saturated heterocycles. The molecule has 24 heavy (non-hydrogen) atoms. The Morgan fingerprint density at radius 1 is 1.08 bits per heavy atom. The minimum atomic E-state index is 0.213. The third kappa shape index (κ3) is 3.36. The standard InChI is InChI=1S/C19H26N4O/c1-4-21-10-12-22(13-11-21)19(24)14-18-15(2)20-23(16(18)3)17-8-6-5-7-9-17/h5-9H,4,10-14H2,1-3H3. The topological polar surface area (TPSA) is 41.4 Å². The minimum absolute atomic E-state index is 0.213. The molecule has 1 aliphatic rings. The molecule has 2 aromatic rings. The van der Waals surface area contributed by atoms with Gasteiger partial charge in [0.05, 0.1) is 17.8 Å². The highest BCUT2D eigenvalue weighted by Gasteiger charge is 2.23. The normalized spacial score (nSPS) is 15.7. The van der Waals surface area contributed by atoms with Gasteiger partial charge in [0.15, 0.2) is 0 Å². The van der Waals surface area contributed by atoms with Crippen LogP contribution in [0, 0.1) is 13.8 Å². The van der Waals surface area contributed by atoms with E-state index in [1.54, 1.807) is 0 Å². The summed E-state index contributed by atoms with van der Waals surface area (Å²) in [7, 11) is 0. The van der Waals surface area contributed by atoms with Gasteiger partial charge in [-0.25, -0.2) is 4.68 Å². The predicted octanol–water partition coefficient (Wildman–Crippen LogP) is 2.20. The summed E-state index contributed by atoms with van der Waals surface area (Å²) in [6.07, 6.45) is 0.441. The van der Waals surface area contributed by atoms with Crippen LogP contribution in [0.3, 0.4) is 0 Å². The van der Waals surface area contributed by atoms with Crippen molar-refractivity contribution in [1.29, 1.82) is 0 Å². The molecule has 1 aliphatic heterocycles. The number of nitrogens with zero attached hydrogens (tertiary/aromatic N) is 4. The quantitative estimate of drug-likeness (QED) is 0.865. The van der Waals surface area contributed by atoms with E-state index in [-0.39, 0.29) is 5.91 Å². The van der Waals surface area contributed by atoms with E-state index in [1.807, 2.05) is 53.8 Å². The van der Waals surface area contributed by atoms with Crippen LogP contribution in [0.2, 0.25) is 0 Å². The van der Waals surface area contributed by atoms with Crippen molar-refractivity contribution in [3.63, 3.8) is 0 Å². The summed E-state index contributed by atoms with van der Waals surface area (Å²) in [5, 5.41) is 4.64. The van der Waals surface area contributed by atoms with E-state index in [0.29, 0.717) is 6.42 Å². The Balaban J connectivity index is 1.74. The molecule has 0 saturated carbocycles. The van der Waals surface area contributed by atoms with Gasteiger partial charge in [-0.2, -0.15) is 5.10 Å². The third-order valence-corrected chi connectivity index (χ3v) is 4.94. The molecule has 1 amide bonds. The molecule has 0 atom stereocenters. The van der Waals surface area contributed by atoms with Crippen LogP contribution in [-0.4, -0.2) is 58.2 Å². The molecular weight excluding hydrogens is 300 g/mol. The maximum absolute atomic E-state index is 12.7. The number of amides is 1. The average Bonchev–Trinajstić information content (AvgIpc) is 2.90. The number of benzene rings is 1. The molecule has 0 radical (unpaired) electrons. The van der Waals surface area contributed by atoms with Crippen molar-refractivity contribution < 1.29 is 4.79 Å². The van der Waals surface area contributed by atoms with Gasteiger partial charge in [-0.05, 0) is 32.5 Å². The number of likely N-dealkylation sites (N-methyl/N-ethyl adjacent to an activating group) is 1. The zero-order chi connectivity index (χ0) is 17.1. The Hall–Kier alpha value is -2.14. The molecule has 128 valence electrons. The zero-order valence-electron chi connectivity index (χ0n) is 14.8. The lowest BCUT2D eigenvalue weighted by Gasteiger charge is -2.34. The minimum Gasteiger partial charge on any atom is -0.340 e. The summed E-state index contributed by atoms with van der Waals surface area (Å²) >= 11 is 0. The van der Waals surface area contributed by atoms with Crippen LogP contribution in [0.4, 0.5) is 0 Å². The molecule has 5 heteroatoms. The SMILES string of the molecule is CCN1CCN(C(=O)Cc2c(C)nn(-c3ccccc3)c2C)CC1. The highest BCUT2D eigenvalue weighted by atomic mass is 16.2. The van der Waals surface area contributed by atoms with E-state index in [0.717, 1.165) is 55.4 Å². The van der Waals surface area contributed by atoms with E-state index >= 15 is 0 Å². The molecule has 0 bridgehead atoms. The van der Waals surface area contributed by atoms with Gasteiger partial charge in [-0.1, -0.05) is 25.1 Å². The Bertz CT molecular complexity index is 700. The van der Waals surface area contributed by atoms with Gasteiger partial charge in [0, 0.05) is 37.4 Å². The van der Waals surface area contributed by atoms with E-state index in [9.17, 15) is 4.79 Å². The lowest BCUT2D eigenvalue weighted by molar-refractivity contribution is -0.132. The summed E-state index contributed by atoms with van der Waals surface area (Å²) in [6.45, 7) is 10.9. The van der Waals surface area contributed by atoms with Crippen molar-refractivity contribution in [2.45, 2.75) is 27.2 Å². The number of rotatable bonds is 4. The molecule has 0 unspecified atom stereocenters. The van der Waals surface area contributed by atoms with Crippen molar-refractivity contribution in [2.75, 3.05) is 32.7 Å². The second kappa shape index (κ2) is 7.18. The molecular formula is C19H26N4O. The predicted molar refractivity (Wildman–Crippen MR) is 95.4 cm³/mol. The molecule has 0 N–H and O–H groups in total. The zero-order valence-corrected chi connectivity index (χ0v) is 14.8. The van der Waals surface area contributed by atoms with Crippen LogP contribution >= 0.6 is 0 Å². The number of carbonyl (C=O) groups excluding carboxylic acids is 1. The fourth-order valence-electron chi connectivity index (χ4n) is 3.33. The maximum atomic E-state index is 12.7. The monoisotopic (exact) mass is 326 g/mol. The number of piperazine rings is 1. The molecule has 0 aliphatic carbocycles. The summed E-state index contributed by atoms with van der Waals surface area (Å²) in [5.74, 6) is 0.213. The lowest BCUT2D eigenvalue weighted by Crippen LogP contribution is -2.48. The summed E-state index contributed by atoms with van der Waals surface area (Å²) in [5.41, 5.74) is 4.09. The Morgan fingerprint density at radius 2 is 1.75 bits per heavy atom. The number of para-hydroxylation sites is 1. The van der Waals surface area contributed by atoms with Gasteiger partial charge in [0.25, 0.3) is 0 Å². The molecule has 5 nitrogen and oxygen atoms in total. The Labute approximate surface area is 143 Å². The van der Waals surface area contributed by atoms with Crippen LogP contribution in [0.1, 0.15) is 23.9 Å².